The van der Waals surface area contributed by atoms with Crippen LogP contribution in [0.1, 0.15) is 88.1 Å². The zero-order valence-electron chi connectivity index (χ0n) is 42.2. The largest absolute Gasteiger partial charge is 1.00 e. The van der Waals surface area contributed by atoms with Crippen molar-refractivity contribution in [2.24, 2.45) is 11.3 Å². The van der Waals surface area contributed by atoms with E-state index in [1.807, 2.05) is 55.3 Å². The SMILES string of the molecule is CCC1=C[C@@H]2CC[N+]1(CC(=O)N1CCC[C@H]1C(=O)OC)CCc1c([nH]c3ccccc13)[C@@](C(=O)OC)(c1cc3c(cc1OC)N(C)C1[C@]34CCN3CC=C[C@@](CC)([C@@H](OC(C)=O)[C@]1(O)C(=O)OC)[C@H]34)C2.[Br-]. The number of aromatic nitrogens is 1. The van der Waals surface area contributed by atoms with Crippen LogP contribution >= 0.6 is 0 Å². The van der Waals surface area contributed by atoms with Crippen molar-refractivity contribution in [1.29, 1.82) is 0 Å². The third kappa shape index (κ3) is 6.94. The highest BCUT2D eigenvalue weighted by Gasteiger charge is 2.80. The average molecular weight is 1040 g/mol. The first-order valence-electron chi connectivity index (χ1n) is 25.1. The van der Waals surface area contributed by atoms with Crippen molar-refractivity contribution in [3.05, 3.63) is 82.7 Å². The van der Waals surface area contributed by atoms with Gasteiger partial charge in [-0.25, -0.2) is 9.59 Å². The van der Waals surface area contributed by atoms with Gasteiger partial charge in [-0.2, -0.15) is 0 Å². The Morgan fingerprint density at radius 1 is 0.930 bits per heavy atom. The second-order valence-corrected chi connectivity index (χ2v) is 20.9. The van der Waals surface area contributed by atoms with Crippen LogP contribution in [0.3, 0.4) is 0 Å². The number of carbonyl (C=O) groups excluding carboxylic acids is 5. The number of hydrogen-bond acceptors (Lipinski definition) is 13. The fraction of sp³-hybridized carbons (Fsp3) is 0.574. The van der Waals surface area contributed by atoms with Crippen LogP contribution in [0, 0.1) is 11.3 Å². The molecule has 16 nitrogen and oxygen atoms in total. The summed E-state index contributed by atoms with van der Waals surface area (Å²) < 4.78 is 29.8. The van der Waals surface area contributed by atoms with Crippen molar-refractivity contribution in [2.75, 3.05) is 79.7 Å². The average Bonchev–Trinajstić information content (AvgIpc) is 4.17. The zero-order chi connectivity index (χ0) is 49.7. The summed E-state index contributed by atoms with van der Waals surface area (Å²) in [6, 6.07) is 10.2. The Morgan fingerprint density at radius 3 is 2.38 bits per heavy atom. The highest BCUT2D eigenvalue weighted by atomic mass is 79.9. The molecular weight excluding hydrogens is 975 g/mol. The van der Waals surface area contributed by atoms with E-state index >= 15 is 4.79 Å². The number of ether oxygens (including phenoxy) is 5. The number of H-pyrrole nitrogens is 1. The Hall–Kier alpha value is -5.23. The molecule has 11 rings (SSSR count). The van der Waals surface area contributed by atoms with E-state index in [0.717, 1.165) is 39.8 Å². The Balaban J connectivity index is 0.00000624. The van der Waals surface area contributed by atoms with E-state index in [2.05, 4.69) is 35.0 Å². The predicted octanol–water partition coefficient (Wildman–Crippen LogP) is 1.83. The number of esters is 4. The maximum atomic E-state index is 15.7. The summed E-state index contributed by atoms with van der Waals surface area (Å²) in [4.78, 5) is 80.6. The molecule has 3 aromatic rings. The van der Waals surface area contributed by atoms with Gasteiger partial charge in [0.05, 0.1) is 47.6 Å². The lowest BCUT2D eigenvalue weighted by molar-refractivity contribution is -0.888. The van der Waals surface area contributed by atoms with Gasteiger partial charge in [-0.05, 0) is 73.9 Å². The van der Waals surface area contributed by atoms with Crippen LogP contribution in [0.4, 0.5) is 5.69 Å². The van der Waals surface area contributed by atoms with Crippen molar-refractivity contribution >= 4 is 46.4 Å². The number of rotatable bonds is 10. The molecule has 1 spiro atoms. The first-order valence-corrected chi connectivity index (χ1v) is 25.1. The number of nitrogens with one attached hydrogen (secondary N) is 1. The lowest BCUT2D eigenvalue weighted by Gasteiger charge is -2.63. The highest BCUT2D eigenvalue weighted by molar-refractivity contribution is 5.95. The molecule has 0 radical (unpaired) electrons. The van der Waals surface area contributed by atoms with Crippen LogP contribution in [0.25, 0.3) is 10.9 Å². The summed E-state index contributed by atoms with van der Waals surface area (Å²) >= 11 is 0. The van der Waals surface area contributed by atoms with Crippen molar-refractivity contribution < 1.29 is 74.2 Å². The number of hydrogen-bond donors (Lipinski definition) is 2. The van der Waals surface area contributed by atoms with Gasteiger partial charge in [0, 0.05) is 97.1 Å². The number of aromatic amines is 1. The minimum atomic E-state index is -2.34. The number of benzene rings is 2. The van der Waals surface area contributed by atoms with Gasteiger partial charge >= 0.3 is 23.9 Å². The normalized spacial score (nSPS) is 33.5. The number of aliphatic hydroxyl groups is 1. The van der Waals surface area contributed by atoms with Crippen molar-refractivity contribution in [1.82, 2.24) is 14.8 Å². The fourth-order valence-electron chi connectivity index (χ4n) is 15.4. The smallest absolute Gasteiger partial charge is 0.344 e. The molecule has 3 fully saturated rings. The molecule has 2 aromatic carbocycles. The van der Waals surface area contributed by atoms with E-state index in [1.165, 1.54) is 28.3 Å². The van der Waals surface area contributed by atoms with E-state index in [1.54, 1.807) is 12.0 Å². The quantitative estimate of drug-likeness (QED) is 0.130. The van der Waals surface area contributed by atoms with Crippen LogP contribution in [-0.4, -0.2) is 159 Å². The summed E-state index contributed by atoms with van der Waals surface area (Å²) in [6.45, 7) is 8.62. The summed E-state index contributed by atoms with van der Waals surface area (Å²) in [5.74, 6) is -2.15. The highest BCUT2D eigenvalue weighted by Crippen LogP contribution is 2.68. The summed E-state index contributed by atoms with van der Waals surface area (Å²) in [6.07, 6.45) is 9.53. The monoisotopic (exact) mass is 1040 g/mol. The first-order chi connectivity index (χ1) is 33.6. The van der Waals surface area contributed by atoms with Crippen molar-refractivity contribution in [2.45, 2.75) is 113 Å². The van der Waals surface area contributed by atoms with Gasteiger partial charge in [0.1, 0.15) is 22.9 Å². The first kappa shape index (κ1) is 50.7. The minimum Gasteiger partial charge on any atom is -1.00 e. The number of anilines is 1. The van der Waals surface area contributed by atoms with Gasteiger partial charge in [0.15, 0.2) is 12.6 Å². The maximum absolute atomic E-state index is 15.7. The number of fused-ring (bicyclic) bond motifs is 5. The number of para-hydroxylation sites is 1. The minimum absolute atomic E-state index is 0. The summed E-state index contributed by atoms with van der Waals surface area (Å²) in [5.41, 5.74) is -0.0189. The van der Waals surface area contributed by atoms with Gasteiger partial charge in [-0.1, -0.05) is 44.2 Å². The van der Waals surface area contributed by atoms with Gasteiger partial charge in [-0.3, -0.25) is 23.8 Å². The van der Waals surface area contributed by atoms with Crippen LogP contribution in [0.15, 0.2) is 60.3 Å². The third-order valence-electron chi connectivity index (χ3n) is 18.1. The Bertz CT molecular complexity index is 2740. The van der Waals surface area contributed by atoms with Crippen molar-refractivity contribution in [3.63, 3.8) is 0 Å². The molecular formula is C54H68BrN5O11. The number of carbonyl (C=O) groups is 5. The molecule has 8 aliphatic rings. The van der Waals surface area contributed by atoms with E-state index in [4.69, 9.17) is 23.7 Å². The lowest BCUT2D eigenvalue weighted by Crippen LogP contribution is -3.00. The van der Waals surface area contributed by atoms with Crippen molar-refractivity contribution in [3.8, 4) is 5.75 Å². The second-order valence-electron chi connectivity index (χ2n) is 20.9. The fourth-order valence-corrected chi connectivity index (χ4v) is 15.4. The number of likely N-dealkylation sites (tertiary alicyclic amines) is 1. The van der Waals surface area contributed by atoms with E-state index in [9.17, 15) is 24.3 Å². The molecule has 17 heteroatoms. The van der Waals surface area contributed by atoms with E-state index in [0.29, 0.717) is 99.2 Å². The maximum Gasteiger partial charge on any atom is 0.344 e. The second kappa shape index (κ2) is 18.4. The lowest BCUT2D eigenvalue weighted by atomic mass is 9.47. The predicted molar refractivity (Wildman–Crippen MR) is 259 cm³/mol. The molecule has 382 valence electrons. The van der Waals surface area contributed by atoms with Crippen LogP contribution in [-0.2, 0) is 60.2 Å². The van der Waals surface area contributed by atoms with Crippen LogP contribution < -0.4 is 26.6 Å². The molecule has 2 saturated heterocycles. The Labute approximate surface area is 425 Å². The van der Waals surface area contributed by atoms with Gasteiger partial charge in [0.25, 0.3) is 5.91 Å². The number of likely N-dealkylation sites (N-methyl/N-ethyl adjacent to an activating group) is 1. The summed E-state index contributed by atoms with van der Waals surface area (Å²) in [7, 11) is 7.51. The number of nitrogens with zero attached hydrogens (tertiary/aromatic N) is 4. The molecule has 1 saturated carbocycles. The molecule has 8 heterocycles. The van der Waals surface area contributed by atoms with Gasteiger partial charge in [0.2, 0.25) is 5.60 Å². The Morgan fingerprint density at radius 2 is 1.69 bits per heavy atom. The molecule has 10 atom stereocenters. The molecule has 1 aromatic heterocycles. The molecule has 1 aliphatic carbocycles. The standard InChI is InChI=1S/C54H68N5O11.BrH/c1-9-34-27-33-18-25-59(34,31-43(61)58-23-13-17-40(58)45(62)67-6)26-19-36-35-15-11-12-16-39(35)55-44(36)53(30-33,49(63)68-7)38-28-37-41(29-42(38)66-5)56(4)47-52(37)21-24-57-22-14-20-51(10-2,46(52)57)48(70-32(3)60)54(47,65)50(64)69-8;/h11-12,14-16,20,27-29,33,40,46-48,55,65H,9-10,13,17-19,21-26,30-31H2,1-8H3;1H/q+1;/p-1/t33-,40-,46-,47?,48+,51+,52+,53-,54-,59?;/m0./s1. The molecule has 7 aliphatic heterocycles. The molecule has 2 N–H and O–H groups in total. The molecule has 71 heavy (non-hydrogen) atoms. The number of allylic oxidation sites excluding steroid dienone is 2. The molecule has 2 unspecified atom stereocenters. The van der Waals surface area contributed by atoms with Gasteiger partial charge in [-0.15, -0.1) is 0 Å². The zero-order valence-corrected chi connectivity index (χ0v) is 43.8. The number of methoxy groups -OCH3 is 4. The number of quaternary nitrogens is 1. The third-order valence-corrected chi connectivity index (χ3v) is 18.1. The summed E-state index contributed by atoms with van der Waals surface area (Å²) in [5, 5.41) is 14.4. The molecule has 1 amide bonds. The number of amides is 1. The van der Waals surface area contributed by atoms with Crippen LogP contribution in [0.5, 0.6) is 5.75 Å². The Kier molecular flexibility index (Phi) is 13.1. The van der Waals surface area contributed by atoms with E-state index < -0.39 is 57.9 Å². The van der Waals surface area contributed by atoms with E-state index in [-0.39, 0.29) is 47.4 Å². The van der Waals surface area contributed by atoms with Crippen LogP contribution in [0.2, 0.25) is 0 Å². The van der Waals surface area contributed by atoms with Gasteiger partial charge < -0.3 is 60.6 Å². The topological polar surface area (TPSA) is 177 Å². The number of halogens is 1. The molecule has 2 bridgehead atoms.